The van der Waals surface area contributed by atoms with Crippen LogP contribution in [0, 0.1) is 7.14 Å². The quantitative estimate of drug-likeness (QED) is 0.191. The van der Waals surface area contributed by atoms with Crippen molar-refractivity contribution in [3.8, 4) is 16.9 Å². The maximum absolute atomic E-state index is 12.4. The third kappa shape index (κ3) is 4.59. The molecule has 6 heteroatoms. The molecule has 4 nitrogen and oxygen atoms in total. The molecule has 0 radical (unpaired) electrons. The average Bonchev–Trinajstić information content (AvgIpc) is 3.12. The first kappa shape index (κ1) is 21.0. The topological polar surface area (TPSA) is 47.9 Å². The standard InChI is InChI=1S/C24H17I2NO3/c1-2-29-22-19(25)12-15(13-20(22)26)14-21-24(28)30-23(27-21)18-10-8-17(9-11-18)16-6-4-3-5-7-16/h3-14H,2H2,1H3/b21-14-. The van der Waals surface area contributed by atoms with Crippen molar-refractivity contribution in [2.75, 3.05) is 6.61 Å². The van der Waals surface area contributed by atoms with Gasteiger partial charge in [-0.1, -0.05) is 42.5 Å². The molecule has 0 spiro atoms. The van der Waals surface area contributed by atoms with Gasteiger partial charge < -0.3 is 9.47 Å². The number of halogens is 2. The molecule has 150 valence electrons. The van der Waals surface area contributed by atoms with Crippen molar-refractivity contribution >= 4 is 63.1 Å². The second kappa shape index (κ2) is 9.30. The van der Waals surface area contributed by atoms with Gasteiger partial charge >= 0.3 is 5.97 Å². The Hall–Kier alpha value is -2.20. The average molecular weight is 621 g/mol. The van der Waals surface area contributed by atoms with Crippen LogP contribution in [-0.2, 0) is 9.53 Å². The summed E-state index contributed by atoms with van der Waals surface area (Å²) in [7, 11) is 0. The third-order valence-corrected chi connectivity index (χ3v) is 6.07. The van der Waals surface area contributed by atoms with Gasteiger partial charge in [-0.3, -0.25) is 0 Å². The van der Waals surface area contributed by atoms with Gasteiger partial charge in [0.2, 0.25) is 5.90 Å². The first-order valence-electron chi connectivity index (χ1n) is 9.35. The van der Waals surface area contributed by atoms with Gasteiger partial charge in [0.05, 0.1) is 13.7 Å². The largest absolute Gasteiger partial charge is 0.492 e. The number of nitrogens with zero attached hydrogens (tertiary/aromatic N) is 1. The molecule has 30 heavy (non-hydrogen) atoms. The van der Waals surface area contributed by atoms with E-state index in [1.165, 1.54) is 0 Å². The summed E-state index contributed by atoms with van der Waals surface area (Å²) in [6, 6.07) is 21.9. The number of benzene rings is 3. The summed E-state index contributed by atoms with van der Waals surface area (Å²) in [5.41, 5.74) is 4.16. The number of hydrogen-bond donors (Lipinski definition) is 0. The second-order valence-corrected chi connectivity index (χ2v) is 8.85. The Morgan fingerprint density at radius 3 is 2.17 bits per heavy atom. The Balaban J connectivity index is 1.60. The Kier molecular flexibility index (Phi) is 6.52. The van der Waals surface area contributed by atoms with Crippen molar-refractivity contribution in [1.29, 1.82) is 0 Å². The van der Waals surface area contributed by atoms with E-state index in [0.29, 0.717) is 12.5 Å². The molecule has 0 aromatic heterocycles. The number of carbonyl (C=O) groups excluding carboxylic acids is 1. The van der Waals surface area contributed by atoms with Crippen LogP contribution in [0.1, 0.15) is 18.1 Å². The Bertz CT molecular complexity index is 1130. The fourth-order valence-corrected chi connectivity index (χ4v) is 5.20. The molecule has 0 saturated heterocycles. The molecule has 4 rings (SSSR count). The minimum Gasteiger partial charge on any atom is -0.492 e. The molecule has 1 heterocycles. The molecule has 3 aromatic rings. The molecule has 1 aliphatic heterocycles. The van der Waals surface area contributed by atoms with Crippen molar-refractivity contribution in [2.45, 2.75) is 6.92 Å². The van der Waals surface area contributed by atoms with Crippen LogP contribution in [0.5, 0.6) is 5.75 Å². The molecule has 0 unspecified atom stereocenters. The van der Waals surface area contributed by atoms with Crippen LogP contribution < -0.4 is 4.74 Å². The zero-order valence-corrected chi connectivity index (χ0v) is 20.4. The highest BCUT2D eigenvalue weighted by Gasteiger charge is 2.24. The zero-order chi connectivity index (χ0) is 21.1. The van der Waals surface area contributed by atoms with Gasteiger partial charge in [0.15, 0.2) is 5.70 Å². The van der Waals surface area contributed by atoms with E-state index in [9.17, 15) is 4.79 Å². The fourth-order valence-electron chi connectivity index (χ4n) is 3.07. The smallest absolute Gasteiger partial charge is 0.363 e. The molecule has 0 saturated carbocycles. The lowest BCUT2D eigenvalue weighted by atomic mass is 10.0. The van der Waals surface area contributed by atoms with Gasteiger partial charge in [0, 0.05) is 5.56 Å². The van der Waals surface area contributed by atoms with E-state index in [-0.39, 0.29) is 5.70 Å². The Morgan fingerprint density at radius 2 is 1.53 bits per heavy atom. The van der Waals surface area contributed by atoms with E-state index in [4.69, 9.17) is 9.47 Å². The summed E-state index contributed by atoms with van der Waals surface area (Å²) >= 11 is 4.47. The predicted octanol–water partition coefficient (Wildman–Crippen LogP) is 6.31. The van der Waals surface area contributed by atoms with Crippen LogP contribution in [-0.4, -0.2) is 18.5 Å². The molecular formula is C24H17I2NO3. The number of aliphatic imine (C=N–C) groups is 1. The summed E-state index contributed by atoms with van der Waals surface area (Å²) in [6.45, 7) is 2.56. The van der Waals surface area contributed by atoms with E-state index >= 15 is 0 Å². The summed E-state index contributed by atoms with van der Waals surface area (Å²) in [4.78, 5) is 16.8. The number of esters is 1. The van der Waals surface area contributed by atoms with E-state index < -0.39 is 5.97 Å². The number of rotatable bonds is 5. The number of ether oxygens (including phenoxy) is 2. The van der Waals surface area contributed by atoms with Crippen LogP contribution in [0.2, 0.25) is 0 Å². The van der Waals surface area contributed by atoms with Crippen LogP contribution in [0.15, 0.2) is 77.4 Å². The monoisotopic (exact) mass is 621 g/mol. The van der Waals surface area contributed by atoms with Crippen molar-refractivity contribution in [1.82, 2.24) is 0 Å². The van der Waals surface area contributed by atoms with Crippen molar-refractivity contribution in [3.63, 3.8) is 0 Å². The molecule has 0 N–H and O–H groups in total. The van der Waals surface area contributed by atoms with Gasteiger partial charge in [0.25, 0.3) is 0 Å². The van der Waals surface area contributed by atoms with Crippen LogP contribution in [0.3, 0.4) is 0 Å². The Labute approximate surface area is 202 Å². The molecule has 0 atom stereocenters. The molecule has 0 fully saturated rings. The molecule has 1 aliphatic rings. The molecule has 0 bridgehead atoms. The van der Waals surface area contributed by atoms with Gasteiger partial charge in [-0.15, -0.1) is 0 Å². The number of cyclic esters (lactones) is 1. The summed E-state index contributed by atoms with van der Waals surface area (Å²) < 4.78 is 13.1. The lowest BCUT2D eigenvalue weighted by Gasteiger charge is -2.09. The minimum absolute atomic E-state index is 0.285. The molecule has 3 aromatic carbocycles. The summed E-state index contributed by atoms with van der Waals surface area (Å²) in [5, 5.41) is 0. The normalized spacial score (nSPS) is 14.6. The van der Waals surface area contributed by atoms with E-state index in [0.717, 1.165) is 35.1 Å². The van der Waals surface area contributed by atoms with Crippen molar-refractivity contribution in [3.05, 3.63) is 90.7 Å². The van der Waals surface area contributed by atoms with Gasteiger partial charge in [0.1, 0.15) is 5.75 Å². The lowest BCUT2D eigenvalue weighted by Crippen LogP contribution is -2.05. The van der Waals surface area contributed by atoms with Crippen LogP contribution >= 0.6 is 45.2 Å². The van der Waals surface area contributed by atoms with Crippen LogP contribution in [0.4, 0.5) is 0 Å². The van der Waals surface area contributed by atoms with Gasteiger partial charge in [-0.05, 0) is 99.1 Å². The maximum Gasteiger partial charge on any atom is 0.363 e. The second-order valence-electron chi connectivity index (χ2n) is 6.53. The number of hydrogen-bond acceptors (Lipinski definition) is 4. The first-order valence-corrected chi connectivity index (χ1v) is 11.5. The van der Waals surface area contributed by atoms with E-state index in [1.54, 1.807) is 6.08 Å². The zero-order valence-electron chi connectivity index (χ0n) is 16.1. The Morgan fingerprint density at radius 1 is 0.933 bits per heavy atom. The predicted molar refractivity (Wildman–Crippen MR) is 136 cm³/mol. The van der Waals surface area contributed by atoms with Crippen molar-refractivity contribution in [2.24, 2.45) is 4.99 Å². The number of carbonyl (C=O) groups is 1. The summed E-state index contributed by atoms with van der Waals surface area (Å²) in [5.74, 6) is 0.731. The maximum atomic E-state index is 12.4. The highest BCUT2D eigenvalue weighted by Crippen LogP contribution is 2.30. The van der Waals surface area contributed by atoms with Gasteiger partial charge in [-0.25, -0.2) is 9.79 Å². The lowest BCUT2D eigenvalue weighted by molar-refractivity contribution is -0.129. The van der Waals surface area contributed by atoms with E-state index in [1.807, 2.05) is 61.5 Å². The van der Waals surface area contributed by atoms with Gasteiger partial charge in [-0.2, -0.15) is 0 Å². The first-order chi connectivity index (χ1) is 14.5. The highest BCUT2D eigenvalue weighted by atomic mass is 127. The van der Waals surface area contributed by atoms with Crippen LogP contribution in [0.25, 0.3) is 17.2 Å². The molecule has 0 aliphatic carbocycles. The SMILES string of the molecule is CCOc1c(I)cc(/C=C2\N=C(c3ccc(-c4ccccc4)cc3)OC2=O)cc1I. The van der Waals surface area contributed by atoms with Crippen molar-refractivity contribution < 1.29 is 14.3 Å². The van der Waals surface area contributed by atoms with E-state index in [2.05, 4.69) is 62.3 Å². The minimum atomic E-state index is -0.448. The fraction of sp³-hybridized carbons (Fsp3) is 0.0833. The summed E-state index contributed by atoms with van der Waals surface area (Å²) in [6.07, 6.45) is 1.74. The third-order valence-electron chi connectivity index (χ3n) is 4.47. The molecule has 0 amide bonds. The molecular weight excluding hydrogens is 604 g/mol. The highest BCUT2D eigenvalue weighted by molar-refractivity contribution is 14.1.